The van der Waals surface area contributed by atoms with Crippen molar-refractivity contribution < 1.29 is 19.1 Å². The van der Waals surface area contributed by atoms with Gasteiger partial charge in [-0.1, -0.05) is 42.5 Å². The predicted octanol–water partition coefficient (Wildman–Crippen LogP) is 2.66. The van der Waals surface area contributed by atoms with Crippen LogP contribution in [0, 0.1) is 11.8 Å². The second-order valence-corrected chi connectivity index (χ2v) is 8.11. The molecule has 3 aliphatic heterocycles. The summed E-state index contributed by atoms with van der Waals surface area (Å²) in [6.07, 6.45) is 4.35. The lowest BCUT2D eigenvalue weighted by molar-refractivity contribution is -0.135. The first kappa shape index (κ1) is 18.9. The molecule has 0 aliphatic carbocycles. The molecule has 5 rings (SSSR count). The Labute approximate surface area is 175 Å². The molecule has 2 aromatic rings. The summed E-state index contributed by atoms with van der Waals surface area (Å²) >= 11 is 0. The number of likely N-dealkylation sites (tertiary alicyclic amines) is 1. The minimum atomic E-state index is -0.680. The summed E-state index contributed by atoms with van der Waals surface area (Å²) in [5.41, 5.74) is 1.18. The lowest BCUT2D eigenvalue weighted by Gasteiger charge is -2.23. The highest BCUT2D eigenvalue weighted by atomic mass is 16.5. The second kappa shape index (κ2) is 7.29. The highest BCUT2D eigenvalue weighted by Gasteiger charge is 2.66. The lowest BCUT2D eigenvalue weighted by atomic mass is 9.77. The maximum atomic E-state index is 13.3. The van der Waals surface area contributed by atoms with Crippen molar-refractivity contribution in [3.63, 3.8) is 0 Å². The first-order valence-electron chi connectivity index (χ1n) is 10.2. The van der Waals surface area contributed by atoms with Gasteiger partial charge in [-0.05, 0) is 36.2 Å². The molecule has 1 spiro atoms. The SMILES string of the molecule is COc1ccc(NC(=O)[C@@H]2[C@@H]3C=C[C@@]4(CN(CCc5ccccc5)C(=O)[C@@H]24)O3)cc1. The number of fused-ring (bicyclic) bond motifs is 1. The number of ether oxygens (including phenoxy) is 2. The number of hydrogen-bond acceptors (Lipinski definition) is 4. The Morgan fingerprint density at radius 2 is 1.97 bits per heavy atom. The summed E-state index contributed by atoms with van der Waals surface area (Å²) in [7, 11) is 1.60. The summed E-state index contributed by atoms with van der Waals surface area (Å²) in [5.74, 6) is -0.446. The Kier molecular flexibility index (Phi) is 4.59. The number of benzene rings is 2. The van der Waals surface area contributed by atoms with Gasteiger partial charge in [0.15, 0.2) is 0 Å². The van der Waals surface area contributed by atoms with E-state index in [1.807, 2.05) is 35.3 Å². The number of methoxy groups -OCH3 is 1. The summed E-state index contributed by atoms with van der Waals surface area (Å²) in [6, 6.07) is 17.3. The number of nitrogens with one attached hydrogen (secondary N) is 1. The number of anilines is 1. The quantitative estimate of drug-likeness (QED) is 0.752. The number of carbonyl (C=O) groups excluding carboxylic acids is 2. The van der Waals surface area contributed by atoms with Gasteiger partial charge in [-0.2, -0.15) is 0 Å². The van der Waals surface area contributed by atoms with E-state index in [9.17, 15) is 9.59 Å². The molecule has 3 heterocycles. The van der Waals surface area contributed by atoms with E-state index in [0.29, 0.717) is 18.8 Å². The van der Waals surface area contributed by atoms with E-state index in [-0.39, 0.29) is 17.9 Å². The maximum Gasteiger partial charge on any atom is 0.231 e. The molecule has 2 saturated heterocycles. The number of carbonyl (C=O) groups is 2. The van der Waals surface area contributed by atoms with Crippen molar-refractivity contribution in [3.05, 3.63) is 72.3 Å². The maximum absolute atomic E-state index is 13.3. The van der Waals surface area contributed by atoms with Crippen molar-refractivity contribution >= 4 is 17.5 Å². The van der Waals surface area contributed by atoms with Crippen LogP contribution in [0.25, 0.3) is 0 Å². The average Bonchev–Trinajstić information content (AvgIpc) is 3.41. The van der Waals surface area contributed by atoms with Crippen molar-refractivity contribution in [1.82, 2.24) is 4.90 Å². The Hall–Kier alpha value is -3.12. The molecule has 2 bridgehead atoms. The molecule has 0 unspecified atom stereocenters. The van der Waals surface area contributed by atoms with Crippen LogP contribution in [0.1, 0.15) is 5.56 Å². The zero-order valence-electron chi connectivity index (χ0n) is 16.8. The van der Waals surface area contributed by atoms with Crippen molar-refractivity contribution in [2.45, 2.75) is 18.1 Å². The van der Waals surface area contributed by atoms with Gasteiger partial charge in [0.1, 0.15) is 11.4 Å². The fraction of sp³-hybridized carbons (Fsp3) is 0.333. The third-order valence-electron chi connectivity index (χ3n) is 6.35. The molecule has 154 valence electrons. The third-order valence-corrected chi connectivity index (χ3v) is 6.35. The van der Waals surface area contributed by atoms with E-state index in [2.05, 4.69) is 17.4 Å². The van der Waals surface area contributed by atoms with E-state index in [4.69, 9.17) is 9.47 Å². The smallest absolute Gasteiger partial charge is 0.231 e. The normalized spacial score (nSPS) is 28.6. The van der Waals surface area contributed by atoms with Crippen LogP contribution in [0.2, 0.25) is 0 Å². The van der Waals surface area contributed by atoms with Crippen LogP contribution in [-0.4, -0.2) is 48.6 Å². The molecular formula is C24H24N2O4. The highest BCUT2D eigenvalue weighted by molar-refractivity contribution is 5.99. The average molecular weight is 404 g/mol. The van der Waals surface area contributed by atoms with Crippen molar-refractivity contribution in [1.29, 1.82) is 0 Å². The van der Waals surface area contributed by atoms with Crippen LogP contribution in [0.5, 0.6) is 5.75 Å². The lowest BCUT2D eigenvalue weighted by Crippen LogP contribution is -2.41. The van der Waals surface area contributed by atoms with Gasteiger partial charge in [0.05, 0.1) is 31.6 Å². The molecule has 3 aliphatic rings. The van der Waals surface area contributed by atoms with Crippen LogP contribution in [-0.2, 0) is 20.7 Å². The number of nitrogens with zero attached hydrogens (tertiary/aromatic N) is 1. The first-order chi connectivity index (χ1) is 14.6. The fourth-order valence-corrected chi connectivity index (χ4v) is 4.88. The first-order valence-corrected chi connectivity index (χ1v) is 10.2. The van der Waals surface area contributed by atoms with Crippen molar-refractivity contribution in [2.75, 3.05) is 25.5 Å². The Morgan fingerprint density at radius 3 is 2.70 bits per heavy atom. The minimum Gasteiger partial charge on any atom is -0.497 e. The molecule has 6 heteroatoms. The standard InChI is InChI=1S/C24H24N2O4/c1-29-18-9-7-17(8-10-18)25-22(27)20-19-11-13-24(30-19)15-26(23(28)21(20)24)14-12-16-5-3-2-4-6-16/h2-11,13,19-21H,12,14-15H2,1H3,(H,25,27)/t19-,20+,21+,24-/m0/s1. The van der Waals surface area contributed by atoms with E-state index < -0.39 is 17.4 Å². The number of hydrogen-bond donors (Lipinski definition) is 1. The number of rotatable bonds is 6. The molecule has 0 aromatic heterocycles. The summed E-state index contributed by atoms with van der Waals surface area (Å²) in [5, 5.41) is 2.94. The van der Waals surface area contributed by atoms with Gasteiger partial charge in [-0.15, -0.1) is 0 Å². The van der Waals surface area contributed by atoms with E-state index in [1.54, 1.807) is 31.4 Å². The number of amides is 2. The van der Waals surface area contributed by atoms with E-state index >= 15 is 0 Å². The molecular weight excluding hydrogens is 380 g/mol. The Morgan fingerprint density at radius 1 is 1.20 bits per heavy atom. The van der Waals surface area contributed by atoms with Crippen LogP contribution < -0.4 is 10.1 Å². The zero-order valence-corrected chi connectivity index (χ0v) is 16.8. The molecule has 2 amide bonds. The predicted molar refractivity (Wildman–Crippen MR) is 112 cm³/mol. The van der Waals surface area contributed by atoms with Crippen molar-refractivity contribution in [3.8, 4) is 5.75 Å². The second-order valence-electron chi connectivity index (χ2n) is 8.11. The van der Waals surface area contributed by atoms with Crippen LogP contribution in [0.15, 0.2) is 66.7 Å². The summed E-state index contributed by atoms with van der Waals surface area (Å²) in [6.45, 7) is 1.12. The molecule has 2 fully saturated rings. The fourth-order valence-electron chi connectivity index (χ4n) is 4.88. The third kappa shape index (κ3) is 3.08. The van der Waals surface area contributed by atoms with Gasteiger partial charge >= 0.3 is 0 Å². The minimum absolute atomic E-state index is 0.00709. The molecule has 6 nitrogen and oxygen atoms in total. The van der Waals surface area contributed by atoms with Gasteiger partial charge < -0.3 is 19.7 Å². The topological polar surface area (TPSA) is 67.9 Å². The zero-order chi connectivity index (χ0) is 20.7. The largest absolute Gasteiger partial charge is 0.497 e. The van der Waals surface area contributed by atoms with E-state index in [0.717, 1.165) is 12.2 Å². The van der Waals surface area contributed by atoms with Crippen LogP contribution >= 0.6 is 0 Å². The van der Waals surface area contributed by atoms with E-state index in [1.165, 1.54) is 5.56 Å². The molecule has 0 radical (unpaired) electrons. The molecule has 1 N–H and O–H groups in total. The van der Waals surface area contributed by atoms with Crippen LogP contribution in [0.4, 0.5) is 5.69 Å². The summed E-state index contributed by atoms with van der Waals surface area (Å²) in [4.78, 5) is 28.2. The Balaban J connectivity index is 1.31. The van der Waals surface area contributed by atoms with Gasteiger partial charge in [-0.25, -0.2) is 0 Å². The monoisotopic (exact) mass is 404 g/mol. The Bertz CT molecular complexity index is 988. The van der Waals surface area contributed by atoms with Gasteiger partial charge in [0.25, 0.3) is 0 Å². The molecule has 30 heavy (non-hydrogen) atoms. The summed E-state index contributed by atoms with van der Waals surface area (Å²) < 4.78 is 11.3. The van der Waals surface area contributed by atoms with Gasteiger partial charge in [0, 0.05) is 12.2 Å². The van der Waals surface area contributed by atoms with Crippen LogP contribution in [0.3, 0.4) is 0 Å². The van der Waals surface area contributed by atoms with Gasteiger partial charge in [-0.3, -0.25) is 9.59 Å². The van der Waals surface area contributed by atoms with Crippen molar-refractivity contribution in [2.24, 2.45) is 11.8 Å². The highest BCUT2D eigenvalue weighted by Crippen LogP contribution is 2.52. The molecule has 0 saturated carbocycles. The molecule has 2 aromatic carbocycles. The molecule has 4 atom stereocenters. The van der Waals surface area contributed by atoms with Gasteiger partial charge in [0.2, 0.25) is 11.8 Å².